The van der Waals surface area contributed by atoms with Crippen LogP contribution in [0.15, 0.2) is 29.2 Å². The zero-order valence-corrected chi connectivity index (χ0v) is 13.8. The molecular weight excluding hydrogens is 294 g/mol. The largest absolute Gasteiger partial charge is 0.399 e. The zero-order valence-electron chi connectivity index (χ0n) is 12.2. The third kappa shape index (κ3) is 7.14. The van der Waals surface area contributed by atoms with E-state index in [9.17, 15) is 8.42 Å². The van der Waals surface area contributed by atoms with Gasteiger partial charge in [-0.15, -0.1) is 11.8 Å². The van der Waals surface area contributed by atoms with Crippen LogP contribution in [0.2, 0.25) is 0 Å². The first-order valence-electron chi connectivity index (χ1n) is 6.41. The highest BCUT2D eigenvalue weighted by Gasteiger charge is 2.14. The van der Waals surface area contributed by atoms with E-state index in [1.54, 1.807) is 0 Å². The molecule has 1 aromatic rings. The lowest BCUT2D eigenvalue weighted by Gasteiger charge is -2.18. The minimum atomic E-state index is -3.24. The van der Waals surface area contributed by atoms with Gasteiger partial charge < -0.3 is 10.6 Å². The second-order valence-electron chi connectivity index (χ2n) is 5.02. The standard InChI is InChI=1S/C13H23N3O2S2/c1-11(10-16(2)3)15-20(17,18)8-7-19-13-6-4-5-12(14)9-13/h4-6,9,11,15H,7-8,10,14H2,1-3H3. The van der Waals surface area contributed by atoms with Crippen molar-refractivity contribution in [3.05, 3.63) is 24.3 Å². The monoisotopic (exact) mass is 317 g/mol. The molecule has 1 rings (SSSR count). The molecule has 0 amide bonds. The predicted molar refractivity (Wildman–Crippen MR) is 86.5 cm³/mol. The van der Waals surface area contributed by atoms with E-state index >= 15 is 0 Å². The number of likely N-dealkylation sites (N-methyl/N-ethyl adjacent to an activating group) is 1. The van der Waals surface area contributed by atoms with Crippen LogP contribution < -0.4 is 10.5 Å². The molecule has 1 atom stereocenters. The van der Waals surface area contributed by atoms with Crippen LogP contribution in [0.3, 0.4) is 0 Å². The number of nitrogens with one attached hydrogen (secondary N) is 1. The SMILES string of the molecule is CC(CN(C)C)NS(=O)(=O)CCSc1cccc(N)c1. The van der Waals surface area contributed by atoms with Crippen LogP contribution in [0.1, 0.15) is 6.92 Å². The minimum Gasteiger partial charge on any atom is -0.399 e. The molecule has 0 radical (unpaired) electrons. The maximum absolute atomic E-state index is 11.9. The van der Waals surface area contributed by atoms with Crippen molar-refractivity contribution >= 4 is 27.5 Å². The van der Waals surface area contributed by atoms with E-state index < -0.39 is 10.0 Å². The lowest BCUT2D eigenvalue weighted by atomic mass is 10.3. The second kappa shape index (κ2) is 7.87. The molecular formula is C13H23N3O2S2. The molecule has 7 heteroatoms. The van der Waals surface area contributed by atoms with Crippen molar-refractivity contribution in [3.8, 4) is 0 Å². The summed E-state index contributed by atoms with van der Waals surface area (Å²) in [7, 11) is 0.599. The quantitative estimate of drug-likeness (QED) is 0.557. The molecule has 0 aliphatic heterocycles. The average molecular weight is 317 g/mol. The van der Waals surface area contributed by atoms with Crippen LogP contribution in [0.5, 0.6) is 0 Å². The molecule has 5 nitrogen and oxygen atoms in total. The van der Waals surface area contributed by atoms with Gasteiger partial charge in [-0.3, -0.25) is 0 Å². The summed E-state index contributed by atoms with van der Waals surface area (Å²) >= 11 is 1.49. The molecule has 0 spiro atoms. The summed E-state index contributed by atoms with van der Waals surface area (Å²) < 4.78 is 26.5. The van der Waals surface area contributed by atoms with Crippen LogP contribution in [0.4, 0.5) is 5.69 Å². The van der Waals surface area contributed by atoms with Gasteiger partial charge in [0.05, 0.1) is 5.75 Å². The van der Waals surface area contributed by atoms with Gasteiger partial charge in [-0.25, -0.2) is 13.1 Å². The van der Waals surface area contributed by atoms with Gasteiger partial charge in [0.15, 0.2) is 0 Å². The van der Waals surface area contributed by atoms with Gasteiger partial charge in [0.1, 0.15) is 0 Å². The first kappa shape index (κ1) is 17.3. The van der Waals surface area contributed by atoms with E-state index in [-0.39, 0.29) is 11.8 Å². The first-order valence-corrected chi connectivity index (χ1v) is 9.05. The summed E-state index contributed by atoms with van der Waals surface area (Å²) in [5.74, 6) is 0.609. The van der Waals surface area contributed by atoms with Crippen molar-refractivity contribution in [2.24, 2.45) is 0 Å². The Kier molecular flexibility index (Phi) is 6.81. The number of rotatable bonds is 8. The molecule has 1 unspecified atom stereocenters. The summed E-state index contributed by atoms with van der Waals surface area (Å²) in [4.78, 5) is 2.94. The Morgan fingerprint density at radius 1 is 1.40 bits per heavy atom. The van der Waals surface area contributed by atoms with E-state index in [0.717, 1.165) is 4.90 Å². The Morgan fingerprint density at radius 3 is 2.70 bits per heavy atom. The van der Waals surface area contributed by atoms with Crippen molar-refractivity contribution in [1.29, 1.82) is 0 Å². The Balaban J connectivity index is 2.40. The highest BCUT2D eigenvalue weighted by Crippen LogP contribution is 2.20. The average Bonchev–Trinajstić information content (AvgIpc) is 2.26. The summed E-state index contributed by atoms with van der Waals surface area (Å²) in [5.41, 5.74) is 6.37. The summed E-state index contributed by atoms with van der Waals surface area (Å²) in [6.07, 6.45) is 0. The fourth-order valence-corrected chi connectivity index (χ4v) is 4.47. The molecule has 0 saturated heterocycles. The third-order valence-corrected chi connectivity index (χ3v) is 5.26. The second-order valence-corrected chi connectivity index (χ2v) is 8.06. The van der Waals surface area contributed by atoms with E-state index in [2.05, 4.69) is 4.72 Å². The minimum absolute atomic E-state index is 0.0904. The molecule has 1 aromatic carbocycles. The van der Waals surface area contributed by atoms with Gasteiger partial charge >= 0.3 is 0 Å². The number of hydrogen-bond donors (Lipinski definition) is 2. The molecule has 0 aliphatic rings. The highest BCUT2D eigenvalue weighted by molar-refractivity contribution is 8.00. The Hall–Kier alpha value is -0.760. The van der Waals surface area contributed by atoms with Crippen molar-refractivity contribution in [3.63, 3.8) is 0 Å². The Morgan fingerprint density at radius 2 is 2.10 bits per heavy atom. The van der Waals surface area contributed by atoms with Crippen LogP contribution in [0, 0.1) is 0 Å². The van der Waals surface area contributed by atoms with E-state index in [4.69, 9.17) is 5.73 Å². The summed E-state index contributed by atoms with van der Waals surface area (Å²) in [5, 5.41) is 0. The normalized spacial score (nSPS) is 13.6. The fourth-order valence-electron chi connectivity index (χ4n) is 1.82. The van der Waals surface area contributed by atoms with Crippen molar-refractivity contribution in [2.45, 2.75) is 17.9 Å². The highest BCUT2D eigenvalue weighted by atomic mass is 32.2. The van der Waals surface area contributed by atoms with Gasteiger partial charge in [-0.2, -0.15) is 0 Å². The number of thioether (sulfide) groups is 1. The summed E-state index contributed by atoms with van der Waals surface area (Å²) in [6.45, 7) is 2.55. The van der Waals surface area contributed by atoms with E-state index in [0.29, 0.717) is 18.0 Å². The molecule has 0 aliphatic carbocycles. The number of benzene rings is 1. The maximum Gasteiger partial charge on any atom is 0.212 e. The lowest BCUT2D eigenvalue weighted by molar-refractivity contribution is 0.370. The molecule has 0 saturated carbocycles. The van der Waals surface area contributed by atoms with Gasteiger partial charge in [0.2, 0.25) is 10.0 Å². The maximum atomic E-state index is 11.9. The Labute approximate surface area is 126 Å². The molecule has 0 bridgehead atoms. The topological polar surface area (TPSA) is 75.4 Å². The summed E-state index contributed by atoms with van der Waals surface area (Å²) in [6, 6.07) is 7.36. The number of anilines is 1. The Bertz CT molecular complexity index is 518. The molecule has 0 heterocycles. The molecule has 114 valence electrons. The molecule has 20 heavy (non-hydrogen) atoms. The van der Waals surface area contributed by atoms with E-state index in [1.807, 2.05) is 50.2 Å². The predicted octanol–water partition coefficient (Wildman–Crippen LogP) is 1.23. The van der Waals surface area contributed by atoms with Crippen molar-refractivity contribution < 1.29 is 8.42 Å². The zero-order chi connectivity index (χ0) is 15.2. The molecule has 0 fully saturated rings. The van der Waals surface area contributed by atoms with Crippen molar-refractivity contribution in [2.75, 3.05) is 37.9 Å². The number of nitrogens with two attached hydrogens (primary N) is 1. The molecule has 3 N–H and O–H groups in total. The van der Waals surface area contributed by atoms with Gasteiger partial charge in [0, 0.05) is 28.9 Å². The molecule has 0 aromatic heterocycles. The number of hydrogen-bond acceptors (Lipinski definition) is 5. The number of nitrogens with zero attached hydrogens (tertiary/aromatic N) is 1. The van der Waals surface area contributed by atoms with E-state index in [1.165, 1.54) is 11.8 Å². The number of sulfonamides is 1. The smallest absolute Gasteiger partial charge is 0.212 e. The van der Waals surface area contributed by atoms with Gasteiger partial charge in [-0.05, 0) is 39.2 Å². The van der Waals surface area contributed by atoms with Gasteiger partial charge in [-0.1, -0.05) is 6.07 Å². The fraction of sp³-hybridized carbons (Fsp3) is 0.538. The first-order chi connectivity index (χ1) is 9.28. The van der Waals surface area contributed by atoms with Crippen molar-refractivity contribution in [1.82, 2.24) is 9.62 Å². The van der Waals surface area contributed by atoms with Crippen LogP contribution in [-0.2, 0) is 10.0 Å². The lowest BCUT2D eigenvalue weighted by Crippen LogP contribution is -2.40. The third-order valence-electron chi connectivity index (χ3n) is 2.50. The van der Waals surface area contributed by atoms with Crippen LogP contribution in [0.25, 0.3) is 0 Å². The van der Waals surface area contributed by atoms with Crippen LogP contribution in [-0.4, -0.2) is 51.5 Å². The van der Waals surface area contributed by atoms with Gasteiger partial charge in [0.25, 0.3) is 0 Å². The number of nitrogen functional groups attached to an aromatic ring is 1. The van der Waals surface area contributed by atoms with Crippen LogP contribution >= 0.6 is 11.8 Å².